The number of carbonyl (C=O) groups is 1. The molecular weight excluding hydrogens is 349 g/mol. The quantitative estimate of drug-likeness (QED) is 0.679. The number of Topliss-reactive ketones (excluding diaryl/α,β-unsaturated/α-hetero) is 1. The summed E-state index contributed by atoms with van der Waals surface area (Å²) in [6.45, 7) is 0. The average molecular weight is 367 g/mol. The zero-order valence-electron chi connectivity index (χ0n) is 14.9. The number of phenols is 1. The molecule has 1 aliphatic rings. The van der Waals surface area contributed by atoms with Gasteiger partial charge in [-0.25, -0.2) is 4.39 Å². The van der Waals surface area contributed by atoms with E-state index in [1.807, 2.05) is 0 Å². The van der Waals surface area contributed by atoms with E-state index < -0.39 is 0 Å². The standard InChI is InChI=1S/C21H18FNO4/c1-26-17-8-11(9-18(27-2)21(17)25)7-12-3-5-16-19(20(12)24)14-10-13(22)4-6-15(14)23-16/h4,6-10,23,25H,3,5H2,1-2H3/b12-7-. The lowest BCUT2D eigenvalue weighted by Crippen LogP contribution is -2.13. The number of ether oxygens (including phenoxy) is 2. The average Bonchev–Trinajstić information content (AvgIpc) is 3.03. The molecule has 5 nitrogen and oxygen atoms in total. The summed E-state index contributed by atoms with van der Waals surface area (Å²) in [7, 11) is 2.90. The fourth-order valence-corrected chi connectivity index (χ4v) is 3.54. The van der Waals surface area contributed by atoms with Crippen molar-refractivity contribution in [3.63, 3.8) is 0 Å². The number of allylic oxidation sites excluding steroid dienone is 1. The summed E-state index contributed by atoms with van der Waals surface area (Å²) in [6, 6.07) is 7.69. The van der Waals surface area contributed by atoms with Gasteiger partial charge in [-0.05, 0) is 54.8 Å². The van der Waals surface area contributed by atoms with Gasteiger partial charge < -0.3 is 19.6 Å². The zero-order valence-corrected chi connectivity index (χ0v) is 14.9. The van der Waals surface area contributed by atoms with E-state index in [2.05, 4.69) is 4.98 Å². The van der Waals surface area contributed by atoms with Crippen LogP contribution in [0.4, 0.5) is 4.39 Å². The first-order chi connectivity index (χ1) is 13.0. The van der Waals surface area contributed by atoms with Crippen LogP contribution in [0.2, 0.25) is 0 Å². The Labute approximate surface area is 155 Å². The first-order valence-electron chi connectivity index (χ1n) is 8.52. The Hall–Kier alpha value is -3.28. The van der Waals surface area contributed by atoms with E-state index in [1.165, 1.54) is 26.4 Å². The van der Waals surface area contributed by atoms with Crippen LogP contribution in [-0.4, -0.2) is 30.1 Å². The number of phenolic OH excluding ortho intramolecular Hbond substituents is 1. The highest BCUT2D eigenvalue weighted by molar-refractivity contribution is 6.19. The maximum absolute atomic E-state index is 13.7. The fourth-order valence-electron chi connectivity index (χ4n) is 3.54. The van der Waals surface area contributed by atoms with E-state index in [4.69, 9.17) is 9.47 Å². The highest BCUT2D eigenvalue weighted by Gasteiger charge is 2.26. The number of aryl methyl sites for hydroxylation is 1. The smallest absolute Gasteiger partial charge is 0.200 e. The Morgan fingerprint density at radius 2 is 1.81 bits per heavy atom. The molecule has 1 aliphatic carbocycles. The zero-order chi connectivity index (χ0) is 19.1. The SMILES string of the molecule is COc1cc(/C=C2/CCc3[nH]c4ccc(F)cc4c3C2=O)cc(OC)c1O. The summed E-state index contributed by atoms with van der Waals surface area (Å²) in [6.07, 6.45) is 2.98. The van der Waals surface area contributed by atoms with Gasteiger partial charge in [-0.15, -0.1) is 0 Å². The van der Waals surface area contributed by atoms with Crippen LogP contribution in [0.5, 0.6) is 17.2 Å². The van der Waals surface area contributed by atoms with Crippen LogP contribution >= 0.6 is 0 Å². The van der Waals surface area contributed by atoms with E-state index in [9.17, 15) is 14.3 Å². The number of aromatic hydroxyl groups is 1. The van der Waals surface area contributed by atoms with Crippen molar-refractivity contribution in [3.8, 4) is 17.2 Å². The number of hydrogen-bond donors (Lipinski definition) is 2. The van der Waals surface area contributed by atoms with Crippen molar-refractivity contribution in [1.29, 1.82) is 0 Å². The number of rotatable bonds is 3. The van der Waals surface area contributed by atoms with Gasteiger partial charge >= 0.3 is 0 Å². The molecule has 0 fully saturated rings. The molecule has 1 heterocycles. The van der Waals surface area contributed by atoms with Crippen molar-refractivity contribution in [3.05, 3.63) is 58.5 Å². The Morgan fingerprint density at radius 3 is 2.48 bits per heavy atom. The molecule has 0 bridgehead atoms. The Balaban J connectivity index is 1.80. The summed E-state index contributed by atoms with van der Waals surface area (Å²) in [5, 5.41) is 10.6. The lowest BCUT2D eigenvalue weighted by Gasteiger charge is -2.15. The van der Waals surface area contributed by atoms with Gasteiger partial charge in [0.05, 0.1) is 19.8 Å². The van der Waals surface area contributed by atoms with Crippen molar-refractivity contribution in [2.75, 3.05) is 14.2 Å². The molecule has 27 heavy (non-hydrogen) atoms. The number of aromatic amines is 1. The largest absolute Gasteiger partial charge is 0.502 e. The fraction of sp³-hybridized carbons (Fsp3) is 0.190. The first-order valence-corrected chi connectivity index (χ1v) is 8.52. The number of aromatic nitrogens is 1. The van der Waals surface area contributed by atoms with Crippen molar-refractivity contribution in [2.24, 2.45) is 0 Å². The second-order valence-corrected chi connectivity index (χ2v) is 6.44. The molecule has 2 aromatic carbocycles. The van der Waals surface area contributed by atoms with Crippen LogP contribution in [0.15, 0.2) is 35.9 Å². The third kappa shape index (κ3) is 2.83. The summed E-state index contributed by atoms with van der Waals surface area (Å²) in [5.41, 5.74) is 3.41. The summed E-state index contributed by atoms with van der Waals surface area (Å²) < 4.78 is 24.0. The second kappa shape index (κ2) is 6.46. The molecule has 0 atom stereocenters. The predicted octanol–water partition coefficient (Wildman–Crippen LogP) is 4.24. The number of carbonyl (C=O) groups excluding carboxylic acids is 1. The molecule has 0 amide bonds. The number of nitrogens with one attached hydrogen (secondary N) is 1. The monoisotopic (exact) mass is 367 g/mol. The summed E-state index contributed by atoms with van der Waals surface area (Å²) in [4.78, 5) is 16.3. The lowest BCUT2D eigenvalue weighted by atomic mass is 9.88. The lowest BCUT2D eigenvalue weighted by molar-refractivity contribution is 0.102. The molecule has 2 N–H and O–H groups in total. The van der Waals surface area contributed by atoms with Crippen LogP contribution in [0.1, 0.15) is 28.0 Å². The third-order valence-electron chi connectivity index (χ3n) is 4.84. The van der Waals surface area contributed by atoms with E-state index in [1.54, 1.807) is 24.3 Å². The number of fused-ring (bicyclic) bond motifs is 3. The third-order valence-corrected chi connectivity index (χ3v) is 4.84. The van der Waals surface area contributed by atoms with Crippen LogP contribution in [0.3, 0.4) is 0 Å². The highest BCUT2D eigenvalue weighted by Crippen LogP contribution is 2.39. The van der Waals surface area contributed by atoms with Gasteiger partial charge in [0.15, 0.2) is 17.3 Å². The molecule has 0 unspecified atom stereocenters. The molecule has 3 aromatic rings. The van der Waals surface area contributed by atoms with Gasteiger partial charge in [0.25, 0.3) is 0 Å². The van der Waals surface area contributed by atoms with Crippen molar-refractivity contribution in [2.45, 2.75) is 12.8 Å². The molecule has 0 saturated heterocycles. The van der Waals surface area contributed by atoms with E-state index in [-0.39, 0.29) is 28.8 Å². The summed E-state index contributed by atoms with van der Waals surface area (Å²) in [5.74, 6) is -0.0644. The Bertz CT molecular complexity index is 1070. The van der Waals surface area contributed by atoms with E-state index in [0.717, 1.165) is 11.2 Å². The molecule has 0 radical (unpaired) electrons. The molecule has 0 aliphatic heterocycles. The normalized spacial score (nSPS) is 15.2. The number of H-pyrrole nitrogens is 1. The van der Waals surface area contributed by atoms with Gasteiger partial charge in [0.2, 0.25) is 5.75 Å². The molecular formula is C21H18FNO4. The van der Waals surface area contributed by atoms with Gasteiger partial charge in [0.1, 0.15) is 5.82 Å². The van der Waals surface area contributed by atoms with Gasteiger partial charge in [0, 0.05) is 22.2 Å². The number of halogens is 1. The predicted molar refractivity (Wildman–Crippen MR) is 100 cm³/mol. The maximum Gasteiger partial charge on any atom is 0.200 e. The molecule has 0 saturated carbocycles. The molecule has 4 rings (SSSR count). The molecule has 1 aromatic heterocycles. The number of benzene rings is 2. The first kappa shape index (κ1) is 17.1. The van der Waals surface area contributed by atoms with Gasteiger partial charge in [-0.3, -0.25) is 4.79 Å². The Kier molecular flexibility index (Phi) is 4.11. The van der Waals surface area contributed by atoms with Gasteiger partial charge in [-0.1, -0.05) is 0 Å². The molecule has 0 spiro atoms. The van der Waals surface area contributed by atoms with Gasteiger partial charge in [-0.2, -0.15) is 0 Å². The maximum atomic E-state index is 13.7. The number of methoxy groups -OCH3 is 2. The van der Waals surface area contributed by atoms with Crippen molar-refractivity contribution < 1.29 is 23.8 Å². The second-order valence-electron chi connectivity index (χ2n) is 6.44. The van der Waals surface area contributed by atoms with Crippen LogP contribution in [0.25, 0.3) is 17.0 Å². The minimum Gasteiger partial charge on any atom is -0.502 e. The van der Waals surface area contributed by atoms with Crippen molar-refractivity contribution >= 4 is 22.8 Å². The molecule has 138 valence electrons. The van der Waals surface area contributed by atoms with E-state index in [0.29, 0.717) is 34.9 Å². The number of ketones is 1. The van der Waals surface area contributed by atoms with E-state index >= 15 is 0 Å². The molecule has 6 heteroatoms. The minimum absolute atomic E-state index is 0.0912. The van der Waals surface area contributed by atoms with Crippen LogP contribution in [-0.2, 0) is 6.42 Å². The van der Waals surface area contributed by atoms with Crippen LogP contribution < -0.4 is 9.47 Å². The highest BCUT2D eigenvalue weighted by atomic mass is 19.1. The van der Waals surface area contributed by atoms with Crippen molar-refractivity contribution in [1.82, 2.24) is 4.98 Å². The Morgan fingerprint density at radius 1 is 1.11 bits per heavy atom. The van der Waals surface area contributed by atoms with Crippen LogP contribution in [0, 0.1) is 5.82 Å². The topological polar surface area (TPSA) is 71.6 Å². The minimum atomic E-state index is -0.374. The summed E-state index contributed by atoms with van der Waals surface area (Å²) >= 11 is 0. The number of hydrogen-bond acceptors (Lipinski definition) is 4.